The molecule has 0 bridgehead atoms. The molecule has 0 radical (unpaired) electrons. The molecule has 0 saturated heterocycles. The van der Waals surface area contributed by atoms with Crippen molar-refractivity contribution < 1.29 is 0 Å². The molecule has 114 valence electrons. The van der Waals surface area contributed by atoms with Gasteiger partial charge in [-0.25, -0.2) is 0 Å². The Labute approximate surface area is 134 Å². The van der Waals surface area contributed by atoms with Crippen LogP contribution in [0.3, 0.4) is 0 Å². The maximum absolute atomic E-state index is 2.43. The molecule has 1 heteroatoms. The van der Waals surface area contributed by atoms with E-state index >= 15 is 0 Å². The zero-order valence-corrected chi connectivity index (χ0v) is 13.9. The van der Waals surface area contributed by atoms with Crippen LogP contribution in [0, 0.1) is 6.92 Å². The zero-order chi connectivity index (χ0) is 15.5. The van der Waals surface area contributed by atoms with E-state index in [0.717, 1.165) is 25.8 Å². The first-order chi connectivity index (χ1) is 10.7. The molecule has 0 spiro atoms. The Morgan fingerprint density at radius 2 is 1.73 bits per heavy atom. The number of benzene rings is 2. The van der Waals surface area contributed by atoms with Gasteiger partial charge in [-0.2, -0.15) is 0 Å². The lowest BCUT2D eigenvalue weighted by Gasteiger charge is -2.14. The first-order valence-electron chi connectivity index (χ1n) is 8.19. The Morgan fingerprint density at radius 3 is 2.55 bits per heavy atom. The molecule has 1 nitrogen and oxygen atoms in total. The number of nitrogens with zero attached hydrogens (tertiary/aromatic N) is 1. The fourth-order valence-corrected chi connectivity index (χ4v) is 3.38. The summed E-state index contributed by atoms with van der Waals surface area (Å²) in [6.45, 7) is 3.33. The van der Waals surface area contributed by atoms with E-state index in [1.54, 1.807) is 0 Å². The van der Waals surface area contributed by atoms with Crippen molar-refractivity contribution in [2.45, 2.75) is 26.2 Å². The quantitative estimate of drug-likeness (QED) is 0.806. The maximum Gasteiger partial charge on any atom is 0.00101 e. The molecular formula is C21H25N. The van der Waals surface area contributed by atoms with Crippen molar-refractivity contribution in [1.82, 2.24) is 4.90 Å². The third kappa shape index (κ3) is 3.00. The van der Waals surface area contributed by atoms with E-state index in [9.17, 15) is 0 Å². The Balaban J connectivity index is 2.11. The number of rotatable bonds is 3. The molecule has 2 aromatic rings. The summed E-state index contributed by atoms with van der Waals surface area (Å²) in [5, 5.41) is 0. The van der Waals surface area contributed by atoms with Gasteiger partial charge >= 0.3 is 0 Å². The van der Waals surface area contributed by atoms with Crippen LogP contribution in [-0.2, 0) is 12.8 Å². The van der Waals surface area contributed by atoms with Gasteiger partial charge in [-0.1, -0.05) is 48.5 Å². The molecule has 0 fully saturated rings. The predicted octanol–water partition coefficient (Wildman–Crippen LogP) is 4.48. The summed E-state index contributed by atoms with van der Waals surface area (Å²) in [5.41, 5.74) is 8.70. The summed E-state index contributed by atoms with van der Waals surface area (Å²) in [5.74, 6) is 0. The molecule has 0 N–H and O–H groups in total. The summed E-state index contributed by atoms with van der Waals surface area (Å²) in [7, 11) is 4.27. The second-order valence-corrected chi connectivity index (χ2v) is 6.47. The standard InChI is InChI=1S/C21H25N/c1-16-8-6-11-20-18(16)14-13-17-9-4-5-10-19(17)21(20)12-7-15-22(2)3/h4-6,8-12H,7,13-15H2,1-3H3. The van der Waals surface area contributed by atoms with Crippen molar-refractivity contribution in [1.29, 1.82) is 0 Å². The van der Waals surface area contributed by atoms with Crippen molar-refractivity contribution in [3.63, 3.8) is 0 Å². The van der Waals surface area contributed by atoms with Crippen LogP contribution in [0.15, 0.2) is 48.5 Å². The Bertz CT molecular complexity index is 695. The second kappa shape index (κ2) is 6.50. The van der Waals surface area contributed by atoms with Crippen LogP contribution in [-0.4, -0.2) is 25.5 Å². The Kier molecular flexibility index (Phi) is 4.44. The highest BCUT2D eigenvalue weighted by atomic mass is 15.0. The van der Waals surface area contributed by atoms with Crippen LogP contribution in [0.4, 0.5) is 0 Å². The van der Waals surface area contributed by atoms with Gasteiger partial charge in [-0.05, 0) is 73.7 Å². The fraction of sp³-hybridized carbons (Fsp3) is 0.333. The summed E-state index contributed by atoms with van der Waals surface area (Å²) in [6.07, 6.45) is 5.80. The second-order valence-electron chi connectivity index (χ2n) is 6.47. The summed E-state index contributed by atoms with van der Waals surface area (Å²) < 4.78 is 0. The SMILES string of the molecule is Cc1cccc2c1CCc1ccccc1C2=CCCN(C)C. The van der Waals surface area contributed by atoms with Crippen LogP contribution in [0.1, 0.15) is 34.2 Å². The molecule has 0 atom stereocenters. The van der Waals surface area contributed by atoms with Gasteiger partial charge < -0.3 is 4.90 Å². The first kappa shape index (κ1) is 15.1. The Hall–Kier alpha value is -1.86. The smallest absolute Gasteiger partial charge is 0.00101 e. The van der Waals surface area contributed by atoms with E-state index < -0.39 is 0 Å². The molecule has 0 amide bonds. The fourth-order valence-electron chi connectivity index (χ4n) is 3.38. The van der Waals surface area contributed by atoms with Gasteiger partial charge in [-0.15, -0.1) is 0 Å². The molecule has 22 heavy (non-hydrogen) atoms. The topological polar surface area (TPSA) is 3.24 Å². The van der Waals surface area contributed by atoms with Gasteiger partial charge in [0.15, 0.2) is 0 Å². The van der Waals surface area contributed by atoms with Crippen LogP contribution < -0.4 is 0 Å². The van der Waals surface area contributed by atoms with Gasteiger partial charge in [0.25, 0.3) is 0 Å². The molecule has 2 aromatic carbocycles. The van der Waals surface area contributed by atoms with Crippen molar-refractivity contribution in [3.8, 4) is 0 Å². The largest absolute Gasteiger partial charge is 0.309 e. The minimum atomic E-state index is 1.09. The highest BCUT2D eigenvalue weighted by molar-refractivity contribution is 5.84. The molecule has 1 aliphatic rings. The minimum Gasteiger partial charge on any atom is -0.309 e. The Morgan fingerprint density at radius 1 is 0.955 bits per heavy atom. The van der Waals surface area contributed by atoms with Gasteiger partial charge in [-0.3, -0.25) is 0 Å². The van der Waals surface area contributed by atoms with E-state index in [1.807, 2.05) is 0 Å². The van der Waals surface area contributed by atoms with Crippen LogP contribution >= 0.6 is 0 Å². The lowest BCUT2D eigenvalue weighted by molar-refractivity contribution is 0.417. The molecule has 1 aliphatic carbocycles. The van der Waals surface area contributed by atoms with E-state index in [0.29, 0.717) is 0 Å². The zero-order valence-electron chi connectivity index (χ0n) is 13.9. The summed E-state index contributed by atoms with van der Waals surface area (Å²) >= 11 is 0. The average Bonchev–Trinajstić information content (AvgIpc) is 2.66. The van der Waals surface area contributed by atoms with Crippen molar-refractivity contribution in [3.05, 3.63) is 76.4 Å². The average molecular weight is 291 g/mol. The van der Waals surface area contributed by atoms with E-state index in [1.165, 1.54) is 33.4 Å². The minimum absolute atomic E-state index is 1.09. The number of fused-ring (bicyclic) bond motifs is 2. The third-order valence-electron chi connectivity index (χ3n) is 4.58. The highest BCUT2D eigenvalue weighted by Crippen LogP contribution is 2.34. The number of aryl methyl sites for hydroxylation is 2. The van der Waals surface area contributed by atoms with Gasteiger partial charge in [0.1, 0.15) is 0 Å². The molecular weight excluding hydrogens is 266 g/mol. The number of hydrogen-bond acceptors (Lipinski definition) is 1. The number of hydrogen-bond donors (Lipinski definition) is 0. The lowest BCUT2D eigenvalue weighted by atomic mass is 9.91. The van der Waals surface area contributed by atoms with Gasteiger partial charge in [0.2, 0.25) is 0 Å². The van der Waals surface area contributed by atoms with E-state index in [-0.39, 0.29) is 0 Å². The highest BCUT2D eigenvalue weighted by Gasteiger charge is 2.18. The van der Waals surface area contributed by atoms with Crippen molar-refractivity contribution in [2.24, 2.45) is 0 Å². The van der Waals surface area contributed by atoms with Crippen molar-refractivity contribution in [2.75, 3.05) is 20.6 Å². The van der Waals surface area contributed by atoms with E-state index in [2.05, 4.69) is 74.5 Å². The first-order valence-corrected chi connectivity index (χ1v) is 8.19. The summed E-state index contributed by atoms with van der Waals surface area (Å²) in [6, 6.07) is 15.6. The summed E-state index contributed by atoms with van der Waals surface area (Å²) in [4.78, 5) is 2.25. The van der Waals surface area contributed by atoms with Crippen LogP contribution in [0.25, 0.3) is 5.57 Å². The normalized spacial score (nSPS) is 15.5. The molecule has 0 aromatic heterocycles. The molecule has 3 rings (SSSR count). The molecule has 0 heterocycles. The maximum atomic E-state index is 2.43. The molecule has 0 aliphatic heterocycles. The van der Waals surface area contributed by atoms with Crippen LogP contribution in [0.5, 0.6) is 0 Å². The van der Waals surface area contributed by atoms with Crippen molar-refractivity contribution >= 4 is 5.57 Å². The van der Waals surface area contributed by atoms with E-state index in [4.69, 9.17) is 0 Å². The molecule has 0 unspecified atom stereocenters. The third-order valence-corrected chi connectivity index (χ3v) is 4.58. The monoisotopic (exact) mass is 291 g/mol. The van der Waals surface area contributed by atoms with Crippen LogP contribution in [0.2, 0.25) is 0 Å². The lowest BCUT2D eigenvalue weighted by Crippen LogP contribution is -2.12. The van der Waals surface area contributed by atoms with Gasteiger partial charge in [0.05, 0.1) is 0 Å². The molecule has 0 saturated carbocycles. The van der Waals surface area contributed by atoms with Gasteiger partial charge in [0, 0.05) is 6.54 Å². The predicted molar refractivity (Wildman–Crippen MR) is 95.3 cm³/mol.